The molecule has 2 nitrogen and oxygen atoms in total. The maximum atomic E-state index is 3.63. The third kappa shape index (κ3) is 3.11. The van der Waals surface area contributed by atoms with E-state index in [0.717, 1.165) is 13.1 Å². The van der Waals surface area contributed by atoms with Crippen LogP contribution in [0.25, 0.3) is 0 Å². The van der Waals surface area contributed by atoms with E-state index < -0.39 is 0 Å². The number of nitrogens with one attached hydrogen (secondary N) is 1. The Morgan fingerprint density at radius 1 is 1.19 bits per heavy atom. The second-order valence-electron chi connectivity index (χ2n) is 6.15. The van der Waals surface area contributed by atoms with Crippen LogP contribution in [0.5, 0.6) is 0 Å². The molecule has 0 saturated heterocycles. The number of nitrogens with zero attached hydrogens (tertiary/aromatic N) is 1. The van der Waals surface area contributed by atoms with Gasteiger partial charge in [-0.2, -0.15) is 0 Å². The van der Waals surface area contributed by atoms with Gasteiger partial charge in [0.1, 0.15) is 0 Å². The lowest BCUT2D eigenvalue weighted by molar-refractivity contribution is 0.574. The smallest absolute Gasteiger partial charge is 0.0397 e. The van der Waals surface area contributed by atoms with Crippen molar-refractivity contribution in [2.45, 2.75) is 32.9 Å². The predicted molar refractivity (Wildman–Crippen MR) is 89.8 cm³/mol. The number of anilines is 1. The van der Waals surface area contributed by atoms with Crippen LogP contribution in [-0.4, -0.2) is 13.6 Å². The van der Waals surface area contributed by atoms with Crippen LogP contribution in [0.1, 0.15) is 35.2 Å². The van der Waals surface area contributed by atoms with Crippen LogP contribution in [0.2, 0.25) is 0 Å². The molecule has 0 saturated carbocycles. The average Bonchev–Trinajstić information content (AvgIpc) is 2.86. The molecule has 1 heterocycles. The maximum Gasteiger partial charge on any atom is 0.0397 e. The molecule has 110 valence electrons. The first-order chi connectivity index (χ1) is 10.1. The van der Waals surface area contributed by atoms with Crippen LogP contribution >= 0.6 is 0 Å². The van der Waals surface area contributed by atoms with E-state index in [4.69, 9.17) is 0 Å². The van der Waals surface area contributed by atoms with Gasteiger partial charge in [0, 0.05) is 31.9 Å². The lowest BCUT2D eigenvalue weighted by Gasteiger charge is -2.16. The minimum atomic E-state index is 0.376. The van der Waals surface area contributed by atoms with E-state index in [-0.39, 0.29) is 0 Å². The molecule has 2 heteroatoms. The molecule has 1 N–H and O–H groups in total. The van der Waals surface area contributed by atoms with Crippen LogP contribution in [0.3, 0.4) is 0 Å². The van der Waals surface area contributed by atoms with Gasteiger partial charge in [-0.1, -0.05) is 42.0 Å². The summed E-state index contributed by atoms with van der Waals surface area (Å²) < 4.78 is 0. The fourth-order valence-electron chi connectivity index (χ4n) is 3.06. The summed E-state index contributed by atoms with van der Waals surface area (Å²) in [6.45, 7) is 6.45. The lowest BCUT2D eigenvalue weighted by atomic mass is 10.0. The van der Waals surface area contributed by atoms with Crippen molar-refractivity contribution in [3.63, 3.8) is 0 Å². The molecule has 2 aromatic rings. The van der Waals surface area contributed by atoms with Crippen LogP contribution < -0.4 is 10.2 Å². The minimum absolute atomic E-state index is 0.376. The van der Waals surface area contributed by atoms with Crippen LogP contribution in [0, 0.1) is 6.92 Å². The van der Waals surface area contributed by atoms with Gasteiger partial charge >= 0.3 is 0 Å². The molecule has 21 heavy (non-hydrogen) atoms. The molecule has 0 bridgehead atoms. The van der Waals surface area contributed by atoms with Crippen molar-refractivity contribution in [1.82, 2.24) is 5.32 Å². The quantitative estimate of drug-likeness (QED) is 0.915. The maximum absolute atomic E-state index is 3.63. The first kappa shape index (κ1) is 14.2. The van der Waals surface area contributed by atoms with Crippen molar-refractivity contribution in [2.24, 2.45) is 0 Å². The number of hydrogen-bond acceptors (Lipinski definition) is 2. The number of likely N-dealkylation sites (N-methyl/N-ethyl adjacent to an activating group) is 1. The lowest BCUT2D eigenvalue weighted by Crippen LogP contribution is -2.18. The van der Waals surface area contributed by atoms with E-state index >= 15 is 0 Å². The van der Waals surface area contributed by atoms with Gasteiger partial charge in [0.15, 0.2) is 0 Å². The summed E-state index contributed by atoms with van der Waals surface area (Å²) in [5.41, 5.74) is 6.94. The minimum Gasteiger partial charge on any atom is -0.374 e. The van der Waals surface area contributed by atoms with Gasteiger partial charge in [0.25, 0.3) is 0 Å². The number of benzene rings is 2. The first-order valence-corrected chi connectivity index (χ1v) is 7.76. The van der Waals surface area contributed by atoms with Crippen molar-refractivity contribution in [1.29, 1.82) is 0 Å². The van der Waals surface area contributed by atoms with Crippen LogP contribution in [-0.2, 0) is 13.0 Å². The largest absolute Gasteiger partial charge is 0.374 e. The summed E-state index contributed by atoms with van der Waals surface area (Å²) in [7, 11) is 2.17. The number of fused-ring (bicyclic) bond motifs is 1. The fourth-order valence-corrected chi connectivity index (χ4v) is 3.06. The van der Waals surface area contributed by atoms with E-state index in [1.165, 1.54) is 34.4 Å². The highest BCUT2D eigenvalue weighted by atomic mass is 15.1. The Kier molecular flexibility index (Phi) is 3.98. The van der Waals surface area contributed by atoms with Crippen molar-refractivity contribution in [2.75, 3.05) is 18.5 Å². The van der Waals surface area contributed by atoms with Crippen molar-refractivity contribution in [3.8, 4) is 0 Å². The second kappa shape index (κ2) is 5.90. The molecular weight excluding hydrogens is 256 g/mol. The summed E-state index contributed by atoms with van der Waals surface area (Å²) in [6, 6.07) is 16.0. The monoisotopic (exact) mass is 280 g/mol. The van der Waals surface area contributed by atoms with Gasteiger partial charge in [-0.3, -0.25) is 0 Å². The standard InChI is InChI=1S/C19H24N2/c1-14-5-4-6-17(11-14)15(2)20-13-16-7-8-19-18(12-16)9-10-21(19)3/h4-8,11-12,15,20H,9-10,13H2,1-3H3/t15-/m1/s1. The van der Waals surface area contributed by atoms with Crippen LogP contribution in [0.15, 0.2) is 42.5 Å². The molecule has 0 spiro atoms. The molecule has 0 aromatic heterocycles. The Hall–Kier alpha value is -1.80. The van der Waals surface area contributed by atoms with E-state index in [9.17, 15) is 0 Å². The highest BCUT2D eigenvalue weighted by Crippen LogP contribution is 2.27. The number of rotatable bonds is 4. The van der Waals surface area contributed by atoms with Gasteiger partial charge in [-0.25, -0.2) is 0 Å². The topological polar surface area (TPSA) is 15.3 Å². The third-order valence-corrected chi connectivity index (χ3v) is 4.43. The third-order valence-electron chi connectivity index (χ3n) is 4.43. The summed E-state index contributed by atoms with van der Waals surface area (Å²) >= 11 is 0. The van der Waals surface area contributed by atoms with Crippen LogP contribution in [0.4, 0.5) is 5.69 Å². The molecule has 0 aliphatic carbocycles. The van der Waals surface area contributed by atoms with Gasteiger partial charge < -0.3 is 10.2 Å². The zero-order valence-electron chi connectivity index (χ0n) is 13.2. The van der Waals surface area contributed by atoms with E-state index in [1.807, 2.05) is 0 Å². The Balaban J connectivity index is 1.65. The Bertz CT molecular complexity index is 633. The van der Waals surface area contributed by atoms with Gasteiger partial charge in [0.2, 0.25) is 0 Å². The molecule has 2 aromatic carbocycles. The summed E-state index contributed by atoms with van der Waals surface area (Å²) in [4.78, 5) is 2.34. The van der Waals surface area contributed by atoms with Crippen molar-refractivity contribution >= 4 is 5.69 Å². The average molecular weight is 280 g/mol. The fraction of sp³-hybridized carbons (Fsp3) is 0.368. The Morgan fingerprint density at radius 3 is 2.86 bits per heavy atom. The van der Waals surface area contributed by atoms with E-state index in [2.05, 4.69) is 73.6 Å². The zero-order chi connectivity index (χ0) is 14.8. The molecular formula is C19H24N2. The summed E-state index contributed by atoms with van der Waals surface area (Å²) in [5.74, 6) is 0. The van der Waals surface area contributed by atoms with E-state index in [1.54, 1.807) is 0 Å². The summed E-state index contributed by atoms with van der Waals surface area (Å²) in [6.07, 6.45) is 1.17. The number of aryl methyl sites for hydroxylation is 1. The predicted octanol–water partition coefficient (Wildman–Crippen LogP) is 3.84. The number of hydrogen-bond donors (Lipinski definition) is 1. The molecule has 0 radical (unpaired) electrons. The molecule has 0 fully saturated rings. The summed E-state index contributed by atoms with van der Waals surface area (Å²) in [5, 5.41) is 3.63. The van der Waals surface area contributed by atoms with E-state index in [0.29, 0.717) is 6.04 Å². The molecule has 0 unspecified atom stereocenters. The Labute approximate surface area is 127 Å². The SMILES string of the molecule is Cc1cccc([C@@H](C)NCc2ccc3c(c2)CCN3C)c1. The molecule has 0 amide bonds. The van der Waals surface area contributed by atoms with Crippen molar-refractivity contribution < 1.29 is 0 Å². The first-order valence-electron chi connectivity index (χ1n) is 7.76. The van der Waals surface area contributed by atoms with Gasteiger partial charge in [-0.15, -0.1) is 0 Å². The van der Waals surface area contributed by atoms with Gasteiger partial charge in [0.05, 0.1) is 0 Å². The highest BCUT2D eigenvalue weighted by molar-refractivity contribution is 5.58. The van der Waals surface area contributed by atoms with Gasteiger partial charge in [-0.05, 0) is 43.0 Å². The van der Waals surface area contributed by atoms with Crippen molar-refractivity contribution in [3.05, 3.63) is 64.7 Å². The molecule has 3 rings (SSSR count). The Morgan fingerprint density at radius 2 is 2.05 bits per heavy atom. The normalized spacial score (nSPS) is 15.1. The molecule has 1 atom stereocenters. The zero-order valence-corrected chi connectivity index (χ0v) is 13.2. The molecule has 1 aliphatic heterocycles. The second-order valence-corrected chi connectivity index (χ2v) is 6.15. The molecule has 1 aliphatic rings. The highest BCUT2D eigenvalue weighted by Gasteiger charge is 2.15.